The first-order valence-electron chi connectivity index (χ1n) is 12.7. The summed E-state index contributed by atoms with van der Waals surface area (Å²) in [5, 5.41) is 15.9. The van der Waals surface area contributed by atoms with Gasteiger partial charge in [-0.25, -0.2) is 9.59 Å². The van der Waals surface area contributed by atoms with Gasteiger partial charge in [0.1, 0.15) is 12.2 Å². The molecular weight excluding hydrogens is 472 g/mol. The van der Waals surface area contributed by atoms with Crippen LogP contribution in [0.5, 0.6) is 0 Å². The van der Waals surface area contributed by atoms with E-state index in [4.69, 9.17) is 14.2 Å². The third-order valence-electron chi connectivity index (χ3n) is 5.99. The van der Waals surface area contributed by atoms with Gasteiger partial charge < -0.3 is 30.0 Å². The number of nitrogens with one attached hydrogen (secondary N) is 2. The molecule has 0 bridgehead atoms. The average molecular weight is 511 g/mol. The molecule has 8 heteroatoms. The quantitative estimate of drug-likeness (QED) is 0.208. The summed E-state index contributed by atoms with van der Waals surface area (Å²) in [6.45, 7) is 9.73. The van der Waals surface area contributed by atoms with Crippen LogP contribution in [0.25, 0.3) is 11.1 Å². The second kappa shape index (κ2) is 13.3. The number of rotatable bonds is 12. The van der Waals surface area contributed by atoms with Crippen molar-refractivity contribution in [3.8, 4) is 11.1 Å². The molecule has 3 N–H and O–H groups in total. The van der Waals surface area contributed by atoms with Gasteiger partial charge in [-0.1, -0.05) is 54.6 Å². The fraction of sp³-hybridized carbons (Fsp3) is 0.448. The minimum atomic E-state index is -1.22. The lowest BCUT2D eigenvalue weighted by Crippen LogP contribution is -2.45. The van der Waals surface area contributed by atoms with Gasteiger partial charge in [0.15, 0.2) is 6.29 Å². The van der Waals surface area contributed by atoms with Gasteiger partial charge in [0.25, 0.3) is 0 Å². The van der Waals surface area contributed by atoms with E-state index in [1.54, 1.807) is 20.8 Å². The number of aliphatic hydroxyl groups excluding tert-OH is 1. The van der Waals surface area contributed by atoms with Gasteiger partial charge >= 0.3 is 12.2 Å². The number of carbonyl (C=O) groups is 2. The van der Waals surface area contributed by atoms with Crippen molar-refractivity contribution in [1.82, 2.24) is 10.6 Å². The Labute approximate surface area is 219 Å². The SMILES string of the molecule is C=CCOC(O)C(CCCCNC(=O)OC(C)(C)C)NC(=O)OCC1c2ccccc2-c2ccccc21. The number of ether oxygens (including phenoxy) is 3. The number of carbonyl (C=O) groups excluding carboxylic acids is 2. The van der Waals surface area contributed by atoms with Crippen LogP contribution in [-0.4, -0.2) is 55.0 Å². The van der Waals surface area contributed by atoms with Crippen molar-refractivity contribution >= 4 is 12.2 Å². The fourth-order valence-electron chi connectivity index (χ4n) is 4.35. The highest BCUT2D eigenvalue weighted by Crippen LogP contribution is 2.44. The van der Waals surface area contributed by atoms with Gasteiger partial charge in [-0.05, 0) is 62.3 Å². The smallest absolute Gasteiger partial charge is 0.407 e. The largest absolute Gasteiger partial charge is 0.449 e. The minimum Gasteiger partial charge on any atom is -0.449 e. The standard InChI is InChI=1S/C29H38N2O6/c1-5-18-35-26(32)25(16-10-11-17-30-27(33)37-29(2,3)4)31-28(34)36-19-24-22-14-8-6-12-20(22)21-13-7-9-15-23(21)24/h5-9,12-15,24-26,32H,1,10-11,16-19H2,2-4H3,(H,30,33)(H,31,34). The molecule has 200 valence electrons. The Hall–Kier alpha value is -3.36. The number of hydrogen-bond acceptors (Lipinski definition) is 6. The van der Waals surface area contributed by atoms with Crippen LogP contribution < -0.4 is 10.6 Å². The summed E-state index contributed by atoms with van der Waals surface area (Å²) >= 11 is 0. The molecule has 2 amide bonds. The van der Waals surface area contributed by atoms with E-state index in [1.807, 2.05) is 24.3 Å². The van der Waals surface area contributed by atoms with Gasteiger partial charge in [0.2, 0.25) is 0 Å². The van der Waals surface area contributed by atoms with E-state index in [2.05, 4.69) is 41.5 Å². The van der Waals surface area contributed by atoms with Crippen LogP contribution >= 0.6 is 0 Å². The summed E-state index contributed by atoms with van der Waals surface area (Å²) in [5.74, 6) is -0.0579. The Kier molecular flexibility index (Phi) is 10.1. The van der Waals surface area contributed by atoms with E-state index >= 15 is 0 Å². The van der Waals surface area contributed by atoms with Crippen molar-refractivity contribution in [2.45, 2.75) is 63.9 Å². The van der Waals surface area contributed by atoms with Crippen LogP contribution in [0.4, 0.5) is 9.59 Å². The molecule has 0 heterocycles. The zero-order valence-electron chi connectivity index (χ0n) is 21.9. The molecule has 2 unspecified atom stereocenters. The predicted octanol–water partition coefficient (Wildman–Crippen LogP) is 5.11. The van der Waals surface area contributed by atoms with E-state index in [1.165, 1.54) is 6.08 Å². The van der Waals surface area contributed by atoms with Crippen molar-refractivity contribution in [3.63, 3.8) is 0 Å². The van der Waals surface area contributed by atoms with Crippen molar-refractivity contribution in [2.24, 2.45) is 0 Å². The first kappa shape index (κ1) is 28.2. The Morgan fingerprint density at radius 3 is 2.24 bits per heavy atom. The lowest BCUT2D eigenvalue weighted by Gasteiger charge is -2.24. The Bertz CT molecular complexity index is 1020. The molecule has 0 saturated carbocycles. The third kappa shape index (κ3) is 8.33. The van der Waals surface area contributed by atoms with Crippen LogP contribution in [0.3, 0.4) is 0 Å². The van der Waals surface area contributed by atoms with Gasteiger partial charge in [-0.2, -0.15) is 0 Å². The highest BCUT2D eigenvalue weighted by molar-refractivity contribution is 5.79. The molecule has 1 aliphatic carbocycles. The fourth-order valence-corrected chi connectivity index (χ4v) is 4.35. The number of amides is 2. The monoisotopic (exact) mass is 510 g/mol. The summed E-state index contributed by atoms with van der Waals surface area (Å²) in [6.07, 6.45) is 0.888. The van der Waals surface area contributed by atoms with Gasteiger partial charge in [-0.15, -0.1) is 6.58 Å². The first-order chi connectivity index (χ1) is 17.7. The van der Waals surface area contributed by atoms with Crippen LogP contribution in [0.1, 0.15) is 57.1 Å². The molecule has 0 saturated heterocycles. The lowest BCUT2D eigenvalue weighted by atomic mass is 9.98. The number of hydrogen-bond donors (Lipinski definition) is 3. The third-order valence-corrected chi connectivity index (χ3v) is 5.99. The number of fused-ring (bicyclic) bond motifs is 3. The second-order valence-corrected chi connectivity index (χ2v) is 10.0. The number of benzene rings is 2. The van der Waals surface area contributed by atoms with E-state index < -0.39 is 30.1 Å². The Morgan fingerprint density at radius 1 is 1.03 bits per heavy atom. The van der Waals surface area contributed by atoms with E-state index in [9.17, 15) is 14.7 Å². The number of aliphatic hydroxyl groups is 1. The lowest BCUT2D eigenvalue weighted by molar-refractivity contribution is -0.111. The maximum atomic E-state index is 12.7. The van der Waals surface area contributed by atoms with Crippen molar-refractivity contribution in [3.05, 3.63) is 72.3 Å². The topological polar surface area (TPSA) is 106 Å². The molecule has 2 aromatic rings. The normalized spacial score (nSPS) is 14.2. The molecule has 0 fully saturated rings. The summed E-state index contributed by atoms with van der Waals surface area (Å²) in [6, 6.07) is 15.6. The molecule has 0 radical (unpaired) electrons. The number of alkyl carbamates (subject to hydrolysis) is 2. The van der Waals surface area contributed by atoms with Gasteiger partial charge in [0.05, 0.1) is 12.6 Å². The Balaban J connectivity index is 1.52. The predicted molar refractivity (Wildman–Crippen MR) is 142 cm³/mol. The molecule has 8 nitrogen and oxygen atoms in total. The second-order valence-electron chi connectivity index (χ2n) is 10.0. The van der Waals surface area contributed by atoms with Crippen molar-refractivity contribution in [2.75, 3.05) is 19.8 Å². The van der Waals surface area contributed by atoms with E-state index in [0.29, 0.717) is 25.8 Å². The summed E-state index contributed by atoms with van der Waals surface area (Å²) in [7, 11) is 0. The molecule has 3 rings (SSSR count). The average Bonchev–Trinajstić information content (AvgIpc) is 3.17. The summed E-state index contributed by atoms with van der Waals surface area (Å²) < 4.78 is 16.2. The van der Waals surface area contributed by atoms with Crippen molar-refractivity contribution in [1.29, 1.82) is 0 Å². The summed E-state index contributed by atoms with van der Waals surface area (Å²) in [4.78, 5) is 24.5. The first-order valence-corrected chi connectivity index (χ1v) is 12.7. The Morgan fingerprint density at radius 2 is 1.65 bits per heavy atom. The molecule has 1 aliphatic rings. The maximum Gasteiger partial charge on any atom is 0.407 e. The molecule has 0 aromatic heterocycles. The van der Waals surface area contributed by atoms with E-state index in [-0.39, 0.29) is 19.1 Å². The zero-order chi connectivity index (χ0) is 26.8. The molecular formula is C29H38N2O6. The zero-order valence-corrected chi connectivity index (χ0v) is 21.9. The molecule has 0 aliphatic heterocycles. The van der Waals surface area contributed by atoms with Crippen LogP contribution in [-0.2, 0) is 14.2 Å². The maximum absolute atomic E-state index is 12.7. The highest BCUT2D eigenvalue weighted by Gasteiger charge is 2.30. The summed E-state index contributed by atoms with van der Waals surface area (Å²) in [5.41, 5.74) is 3.99. The molecule has 37 heavy (non-hydrogen) atoms. The van der Waals surface area contributed by atoms with Crippen LogP contribution in [0.15, 0.2) is 61.2 Å². The molecule has 2 aromatic carbocycles. The van der Waals surface area contributed by atoms with Crippen molar-refractivity contribution < 1.29 is 28.9 Å². The van der Waals surface area contributed by atoms with Gasteiger partial charge in [0, 0.05) is 12.5 Å². The number of unbranched alkanes of at least 4 members (excludes halogenated alkanes) is 1. The van der Waals surface area contributed by atoms with E-state index in [0.717, 1.165) is 22.3 Å². The minimum absolute atomic E-state index is 0.0579. The van der Waals surface area contributed by atoms with Crippen LogP contribution in [0.2, 0.25) is 0 Å². The molecule has 0 spiro atoms. The molecule has 2 atom stereocenters. The van der Waals surface area contributed by atoms with Crippen LogP contribution in [0, 0.1) is 0 Å². The highest BCUT2D eigenvalue weighted by atomic mass is 16.6. The van der Waals surface area contributed by atoms with Gasteiger partial charge in [-0.3, -0.25) is 0 Å².